The summed E-state index contributed by atoms with van der Waals surface area (Å²) in [6.45, 7) is 12.5. The van der Waals surface area contributed by atoms with Crippen molar-refractivity contribution in [2.45, 2.75) is 39.4 Å². The number of aromatic nitrogens is 2. The summed E-state index contributed by atoms with van der Waals surface area (Å²) in [5.41, 5.74) is 3.23. The Kier molecular flexibility index (Phi) is 5.85. The summed E-state index contributed by atoms with van der Waals surface area (Å²) >= 11 is 6.01. The standard InChI is InChI=1S/C18H25ClN4/c1-5-9-23-12-15(14(2)22-23)11-21-18(3,4)13-20-17-8-6-7-16(19)10-17/h5-8,10,12,20-21H,1,9,11,13H2,2-4H3. The smallest absolute Gasteiger partial charge is 0.0638 e. The molecule has 0 aliphatic heterocycles. The van der Waals surface area contributed by atoms with Crippen LogP contribution < -0.4 is 10.6 Å². The first-order valence-electron chi connectivity index (χ1n) is 7.78. The van der Waals surface area contributed by atoms with Crippen molar-refractivity contribution in [3.8, 4) is 0 Å². The summed E-state index contributed by atoms with van der Waals surface area (Å²) in [7, 11) is 0. The SMILES string of the molecule is C=CCn1cc(CNC(C)(C)CNc2cccc(Cl)c2)c(C)n1. The third kappa shape index (κ3) is 5.41. The highest BCUT2D eigenvalue weighted by atomic mass is 35.5. The van der Waals surface area contributed by atoms with Crippen LogP contribution in [-0.4, -0.2) is 21.9 Å². The maximum atomic E-state index is 6.01. The van der Waals surface area contributed by atoms with Crippen LogP contribution in [0, 0.1) is 6.92 Å². The first-order valence-corrected chi connectivity index (χ1v) is 8.16. The molecular weight excluding hydrogens is 308 g/mol. The van der Waals surface area contributed by atoms with Crippen LogP contribution in [0.5, 0.6) is 0 Å². The molecule has 1 aromatic carbocycles. The predicted molar refractivity (Wildman–Crippen MR) is 98.0 cm³/mol. The maximum Gasteiger partial charge on any atom is 0.0638 e. The zero-order valence-corrected chi connectivity index (χ0v) is 14.8. The normalized spacial score (nSPS) is 11.5. The van der Waals surface area contributed by atoms with Gasteiger partial charge in [0.25, 0.3) is 0 Å². The van der Waals surface area contributed by atoms with E-state index in [-0.39, 0.29) is 5.54 Å². The number of anilines is 1. The fourth-order valence-electron chi connectivity index (χ4n) is 2.28. The molecule has 2 rings (SSSR count). The molecule has 124 valence electrons. The zero-order valence-electron chi connectivity index (χ0n) is 14.1. The zero-order chi connectivity index (χ0) is 16.9. The van der Waals surface area contributed by atoms with Gasteiger partial charge in [0.1, 0.15) is 0 Å². The van der Waals surface area contributed by atoms with Crippen molar-refractivity contribution in [1.29, 1.82) is 0 Å². The van der Waals surface area contributed by atoms with Crippen molar-refractivity contribution in [2.75, 3.05) is 11.9 Å². The lowest BCUT2D eigenvalue weighted by Gasteiger charge is -2.27. The number of hydrogen-bond acceptors (Lipinski definition) is 3. The molecule has 0 fully saturated rings. The average Bonchev–Trinajstić information content (AvgIpc) is 2.84. The van der Waals surface area contributed by atoms with E-state index in [1.807, 2.05) is 41.9 Å². The minimum absolute atomic E-state index is 0.0602. The summed E-state index contributed by atoms with van der Waals surface area (Å²) in [5, 5.41) is 12.2. The van der Waals surface area contributed by atoms with E-state index in [0.29, 0.717) is 0 Å². The van der Waals surface area contributed by atoms with Crippen molar-refractivity contribution in [2.24, 2.45) is 0 Å². The van der Waals surface area contributed by atoms with Gasteiger partial charge < -0.3 is 10.6 Å². The van der Waals surface area contributed by atoms with Crippen LogP contribution in [-0.2, 0) is 13.1 Å². The molecule has 0 amide bonds. The Balaban J connectivity index is 1.89. The van der Waals surface area contributed by atoms with E-state index in [1.54, 1.807) is 0 Å². The lowest BCUT2D eigenvalue weighted by molar-refractivity contribution is 0.406. The second-order valence-corrected chi connectivity index (χ2v) is 6.79. The lowest BCUT2D eigenvalue weighted by atomic mass is 10.0. The first kappa shape index (κ1) is 17.6. The largest absolute Gasteiger partial charge is 0.383 e. The van der Waals surface area contributed by atoms with Crippen LogP contribution in [0.2, 0.25) is 5.02 Å². The van der Waals surface area contributed by atoms with Crippen molar-refractivity contribution < 1.29 is 0 Å². The molecule has 1 aromatic heterocycles. The van der Waals surface area contributed by atoms with Crippen molar-refractivity contribution >= 4 is 17.3 Å². The summed E-state index contributed by atoms with van der Waals surface area (Å²) < 4.78 is 1.91. The number of benzene rings is 1. The number of halogens is 1. The van der Waals surface area contributed by atoms with Gasteiger partial charge in [-0.25, -0.2) is 0 Å². The van der Waals surface area contributed by atoms with Crippen LogP contribution in [0.4, 0.5) is 5.69 Å². The summed E-state index contributed by atoms with van der Waals surface area (Å²) in [6.07, 6.45) is 3.92. The number of nitrogens with zero attached hydrogens (tertiary/aromatic N) is 2. The van der Waals surface area contributed by atoms with E-state index in [9.17, 15) is 0 Å². The molecule has 0 saturated carbocycles. The molecule has 0 bridgehead atoms. The fourth-order valence-corrected chi connectivity index (χ4v) is 2.47. The van der Waals surface area contributed by atoms with Gasteiger partial charge in [0, 0.05) is 41.1 Å². The van der Waals surface area contributed by atoms with Gasteiger partial charge >= 0.3 is 0 Å². The van der Waals surface area contributed by atoms with E-state index < -0.39 is 0 Å². The first-order chi connectivity index (χ1) is 10.9. The lowest BCUT2D eigenvalue weighted by Crippen LogP contribution is -2.44. The Labute approximate surface area is 143 Å². The highest BCUT2D eigenvalue weighted by Crippen LogP contribution is 2.16. The molecular formula is C18H25ClN4. The predicted octanol–water partition coefficient (Wildman–Crippen LogP) is 4.01. The number of rotatable bonds is 8. The Morgan fingerprint density at radius 1 is 1.39 bits per heavy atom. The number of hydrogen-bond donors (Lipinski definition) is 2. The van der Waals surface area contributed by atoms with Crippen LogP contribution in [0.15, 0.2) is 43.1 Å². The Morgan fingerprint density at radius 3 is 2.87 bits per heavy atom. The molecule has 2 N–H and O–H groups in total. The molecule has 0 aliphatic rings. The molecule has 0 saturated heterocycles. The van der Waals surface area contributed by atoms with Crippen LogP contribution in [0.25, 0.3) is 0 Å². The molecule has 2 aromatic rings. The van der Waals surface area contributed by atoms with Crippen LogP contribution >= 0.6 is 11.6 Å². The fraction of sp³-hybridized carbons (Fsp3) is 0.389. The molecule has 0 unspecified atom stereocenters. The molecule has 0 atom stereocenters. The summed E-state index contributed by atoms with van der Waals surface area (Å²) in [6, 6.07) is 7.77. The van der Waals surface area contributed by atoms with Crippen molar-refractivity contribution in [3.63, 3.8) is 0 Å². The average molecular weight is 333 g/mol. The highest BCUT2D eigenvalue weighted by Gasteiger charge is 2.17. The molecule has 4 nitrogen and oxygen atoms in total. The van der Waals surface area contributed by atoms with Gasteiger partial charge in [-0.3, -0.25) is 4.68 Å². The molecule has 1 heterocycles. The van der Waals surface area contributed by atoms with Crippen LogP contribution in [0.3, 0.4) is 0 Å². The highest BCUT2D eigenvalue weighted by molar-refractivity contribution is 6.30. The number of allylic oxidation sites excluding steroid dienone is 1. The number of nitrogens with one attached hydrogen (secondary N) is 2. The van der Waals surface area contributed by atoms with Gasteiger partial charge in [0.15, 0.2) is 0 Å². The van der Waals surface area contributed by atoms with E-state index in [1.165, 1.54) is 5.56 Å². The molecule has 23 heavy (non-hydrogen) atoms. The second-order valence-electron chi connectivity index (χ2n) is 6.35. The van der Waals surface area contributed by atoms with Gasteiger partial charge in [-0.2, -0.15) is 5.10 Å². The topological polar surface area (TPSA) is 41.9 Å². The van der Waals surface area contributed by atoms with Crippen molar-refractivity contribution in [1.82, 2.24) is 15.1 Å². The summed E-state index contributed by atoms with van der Waals surface area (Å²) in [5.74, 6) is 0. The Bertz CT molecular complexity index is 661. The maximum absolute atomic E-state index is 6.01. The molecule has 5 heteroatoms. The monoisotopic (exact) mass is 332 g/mol. The Hall–Kier alpha value is -1.78. The summed E-state index contributed by atoms with van der Waals surface area (Å²) in [4.78, 5) is 0. The van der Waals surface area contributed by atoms with E-state index in [0.717, 1.165) is 36.0 Å². The van der Waals surface area contributed by atoms with Gasteiger partial charge in [-0.05, 0) is 39.0 Å². The quantitative estimate of drug-likeness (QED) is 0.718. The van der Waals surface area contributed by atoms with E-state index in [4.69, 9.17) is 11.6 Å². The second kappa shape index (κ2) is 7.66. The Morgan fingerprint density at radius 2 is 2.17 bits per heavy atom. The third-order valence-electron chi connectivity index (χ3n) is 3.68. The molecule has 0 spiro atoms. The van der Waals surface area contributed by atoms with Crippen LogP contribution in [0.1, 0.15) is 25.1 Å². The third-order valence-corrected chi connectivity index (χ3v) is 3.92. The van der Waals surface area contributed by atoms with Gasteiger partial charge in [-0.1, -0.05) is 23.7 Å². The van der Waals surface area contributed by atoms with E-state index in [2.05, 4.69) is 42.4 Å². The van der Waals surface area contributed by atoms with Gasteiger partial charge in [0.05, 0.1) is 12.2 Å². The van der Waals surface area contributed by atoms with E-state index >= 15 is 0 Å². The number of aryl methyl sites for hydroxylation is 1. The van der Waals surface area contributed by atoms with Gasteiger partial charge in [-0.15, -0.1) is 6.58 Å². The molecule has 0 radical (unpaired) electrons. The van der Waals surface area contributed by atoms with Crippen molar-refractivity contribution in [3.05, 3.63) is 59.4 Å². The minimum Gasteiger partial charge on any atom is -0.383 e. The van der Waals surface area contributed by atoms with Gasteiger partial charge in [0.2, 0.25) is 0 Å². The minimum atomic E-state index is -0.0602. The molecule has 0 aliphatic carbocycles.